The van der Waals surface area contributed by atoms with Gasteiger partial charge in [-0.1, -0.05) is 15.9 Å². The highest BCUT2D eigenvalue weighted by Gasteiger charge is 2.28. The molecule has 1 saturated heterocycles. The lowest BCUT2D eigenvalue weighted by Crippen LogP contribution is -2.24. The summed E-state index contributed by atoms with van der Waals surface area (Å²) in [5, 5.41) is 2.72. The number of allylic oxidation sites excluding steroid dienone is 1. The molecule has 0 atom stereocenters. The lowest BCUT2D eigenvalue weighted by molar-refractivity contribution is -0.116. The number of alkyl halides is 1. The molecule has 3 amide bonds. The van der Waals surface area contributed by atoms with Crippen molar-refractivity contribution in [1.82, 2.24) is 10.2 Å². The Hall–Kier alpha value is -0.840. The molecule has 60 valence electrons. The molecule has 0 aliphatic carbocycles. The molecule has 1 rings (SSSR count). The van der Waals surface area contributed by atoms with Gasteiger partial charge >= 0.3 is 6.03 Å². The van der Waals surface area contributed by atoms with Crippen LogP contribution in [0.15, 0.2) is 11.8 Å². The summed E-state index contributed by atoms with van der Waals surface area (Å²) in [6.07, 6.45) is 1.64. The first-order valence-corrected chi connectivity index (χ1v) is 4.14. The van der Waals surface area contributed by atoms with Crippen LogP contribution < -0.4 is 5.32 Å². The van der Waals surface area contributed by atoms with Gasteiger partial charge in [0, 0.05) is 12.4 Å². The highest BCUT2D eigenvalue weighted by Crippen LogP contribution is 2.09. The maximum absolute atomic E-state index is 10.9. The van der Waals surface area contributed by atoms with Crippen LogP contribution in [-0.4, -0.2) is 29.2 Å². The largest absolute Gasteiger partial charge is 0.328 e. The van der Waals surface area contributed by atoms with Crippen molar-refractivity contribution >= 4 is 27.9 Å². The van der Waals surface area contributed by atoms with E-state index in [4.69, 9.17) is 0 Å². The summed E-state index contributed by atoms with van der Waals surface area (Å²) in [6.45, 7) is 0. The molecule has 11 heavy (non-hydrogen) atoms. The molecule has 4 nitrogen and oxygen atoms in total. The summed E-state index contributed by atoms with van der Waals surface area (Å²) < 4.78 is 0. The van der Waals surface area contributed by atoms with Gasteiger partial charge in [0.05, 0.1) is 0 Å². The van der Waals surface area contributed by atoms with E-state index in [1.165, 1.54) is 4.90 Å². The van der Waals surface area contributed by atoms with Crippen molar-refractivity contribution in [3.05, 3.63) is 11.8 Å². The fourth-order valence-electron chi connectivity index (χ4n) is 0.809. The number of hydrogen-bond donors (Lipinski definition) is 1. The number of likely N-dealkylation sites (N-methyl/N-ethyl adjacent to an activating group) is 1. The average Bonchev–Trinajstić information content (AvgIpc) is 2.17. The molecule has 0 spiro atoms. The Balaban J connectivity index is 2.88. The molecule has 1 fully saturated rings. The van der Waals surface area contributed by atoms with E-state index in [1.807, 2.05) is 0 Å². The van der Waals surface area contributed by atoms with Gasteiger partial charge in [0.15, 0.2) is 0 Å². The molecule has 0 bridgehead atoms. The number of hydrogen-bond acceptors (Lipinski definition) is 2. The van der Waals surface area contributed by atoms with Crippen LogP contribution in [0.2, 0.25) is 0 Å². The minimum absolute atomic E-state index is 0.336. The van der Waals surface area contributed by atoms with E-state index in [0.717, 1.165) is 0 Å². The zero-order chi connectivity index (χ0) is 8.43. The molecule has 0 aromatic carbocycles. The van der Waals surface area contributed by atoms with E-state index in [0.29, 0.717) is 11.0 Å². The van der Waals surface area contributed by atoms with Gasteiger partial charge in [0.1, 0.15) is 5.70 Å². The second kappa shape index (κ2) is 3.04. The summed E-state index contributed by atoms with van der Waals surface area (Å²) in [6, 6.07) is -0.373. The minimum atomic E-state index is -0.373. The van der Waals surface area contributed by atoms with E-state index in [-0.39, 0.29) is 11.9 Å². The highest BCUT2D eigenvalue weighted by atomic mass is 79.9. The van der Waals surface area contributed by atoms with Crippen LogP contribution in [0.3, 0.4) is 0 Å². The zero-order valence-electron chi connectivity index (χ0n) is 5.93. The monoisotopic (exact) mass is 218 g/mol. The number of amides is 3. The zero-order valence-corrected chi connectivity index (χ0v) is 7.51. The maximum Gasteiger partial charge on any atom is 0.328 e. The van der Waals surface area contributed by atoms with Crippen molar-refractivity contribution in [1.29, 1.82) is 0 Å². The molecule has 1 N–H and O–H groups in total. The van der Waals surface area contributed by atoms with Crippen LogP contribution >= 0.6 is 15.9 Å². The predicted octanol–water partition coefficient (Wildman–Crippen LogP) is 0.447. The molecule has 1 heterocycles. The maximum atomic E-state index is 10.9. The Bertz CT molecular complexity index is 237. The lowest BCUT2D eigenvalue weighted by atomic mass is 10.4. The minimum Gasteiger partial charge on any atom is -0.292 e. The Morgan fingerprint density at radius 1 is 1.64 bits per heavy atom. The van der Waals surface area contributed by atoms with Gasteiger partial charge in [-0.3, -0.25) is 15.0 Å². The quantitative estimate of drug-likeness (QED) is 0.395. The molecule has 0 saturated carbocycles. The fraction of sp³-hybridized carbons (Fsp3) is 0.333. The van der Waals surface area contributed by atoms with E-state index in [2.05, 4.69) is 21.2 Å². The van der Waals surface area contributed by atoms with Gasteiger partial charge in [0.25, 0.3) is 5.91 Å². The number of urea groups is 1. The van der Waals surface area contributed by atoms with Gasteiger partial charge in [-0.2, -0.15) is 0 Å². The van der Waals surface area contributed by atoms with E-state index in [1.54, 1.807) is 13.1 Å². The SMILES string of the molecule is CN1C(=O)NC(=O)C1=CCBr. The number of halogens is 1. The first-order valence-electron chi connectivity index (χ1n) is 3.02. The molecule has 5 heteroatoms. The second-order valence-corrected chi connectivity index (χ2v) is 2.71. The van der Waals surface area contributed by atoms with Crippen LogP contribution in [0.5, 0.6) is 0 Å². The highest BCUT2D eigenvalue weighted by molar-refractivity contribution is 9.09. The summed E-state index contributed by atoms with van der Waals surface area (Å²) >= 11 is 3.14. The second-order valence-electron chi connectivity index (χ2n) is 2.06. The number of imide groups is 1. The van der Waals surface area contributed by atoms with Crippen molar-refractivity contribution in [3.8, 4) is 0 Å². The molecular formula is C6H7BrN2O2. The molecule has 0 radical (unpaired) electrons. The molecule has 1 aliphatic heterocycles. The number of nitrogens with one attached hydrogen (secondary N) is 1. The Kier molecular flexibility index (Phi) is 2.28. The first kappa shape index (κ1) is 8.26. The van der Waals surface area contributed by atoms with Gasteiger partial charge in [-0.25, -0.2) is 4.79 Å². The number of carbonyl (C=O) groups is 2. The Labute approximate surface area is 72.4 Å². The van der Waals surface area contributed by atoms with Crippen LogP contribution in [-0.2, 0) is 4.79 Å². The normalized spacial score (nSPS) is 21.3. The number of rotatable bonds is 1. The topological polar surface area (TPSA) is 49.4 Å². The third kappa shape index (κ3) is 1.42. The van der Waals surface area contributed by atoms with Crippen LogP contribution in [0.25, 0.3) is 0 Å². The van der Waals surface area contributed by atoms with Gasteiger partial charge in [0.2, 0.25) is 0 Å². The molecule has 0 aromatic heterocycles. The standard InChI is InChI=1S/C6H7BrN2O2/c1-9-4(2-3-7)5(10)8-6(9)11/h2H,3H2,1H3,(H,8,10,11). The Morgan fingerprint density at radius 3 is 2.64 bits per heavy atom. The Morgan fingerprint density at radius 2 is 2.27 bits per heavy atom. The lowest BCUT2D eigenvalue weighted by Gasteiger charge is -2.04. The fourth-order valence-corrected chi connectivity index (χ4v) is 1.12. The van der Waals surface area contributed by atoms with Crippen molar-refractivity contribution < 1.29 is 9.59 Å². The summed E-state index contributed by atoms with van der Waals surface area (Å²) in [5.41, 5.74) is 0.395. The van der Waals surface area contributed by atoms with Crippen LogP contribution in [0.4, 0.5) is 4.79 Å². The number of nitrogens with zero attached hydrogens (tertiary/aromatic N) is 1. The van der Waals surface area contributed by atoms with E-state index in [9.17, 15) is 9.59 Å². The van der Waals surface area contributed by atoms with Gasteiger partial charge in [-0.05, 0) is 6.08 Å². The molecule has 0 unspecified atom stereocenters. The third-order valence-corrected chi connectivity index (χ3v) is 1.71. The third-order valence-electron chi connectivity index (χ3n) is 1.39. The van der Waals surface area contributed by atoms with Crippen molar-refractivity contribution in [3.63, 3.8) is 0 Å². The van der Waals surface area contributed by atoms with Crippen molar-refractivity contribution in [2.75, 3.05) is 12.4 Å². The van der Waals surface area contributed by atoms with E-state index >= 15 is 0 Å². The predicted molar refractivity (Wildman–Crippen MR) is 43.2 cm³/mol. The average molecular weight is 219 g/mol. The van der Waals surface area contributed by atoms with Crippen LogP contribution in [0.1, 0.15) is 0 Å². The van der Waals surface area contributed by atoms with E-state index < -0.39 is 0 Å². The first-order chi connectivity index (χ1) is 5.16. The van der Waals surface area contributed by atoms with Gasteiger partial charge < -0.3 is 0 Å². The summed E-state index contributed by atoms with van der Waals surface area (Å²) in [7, 11) is 1.55. The smallest absolute Gasteiger partial charge is 0.292 e. The van der Waals surface area contributed by atoms with Gasteiger partial charge in [-0.15, -0.1) is 0 Å². The summed E-state index contributed by atoms with van der Waals surface area (Å²) in [5.74, 6) is -0.336. The van der Waals surface area contributed by atoms with Crippen molar-refractivity contribution in [2.45, 2.75) is 0 Å². The molecular weight excluding hydrogens is 212 g/mol. The summed E-state index contributed by atoms with van der Waals surface area (Å²) in [4.78, 5) is 23.0. The van der Waals surface area contributed by atoms with Crippen molar-refractivity contribution in [2.24, 2.45) is 0 Å². The molecule has 1 aliphatic rings. The number of carbonyl (C=O) groups excluding carboxylic acids is 2. The van der Waals surface area contributed by atoms with Crippen LogP contribution in [0, 0.1) is 0 Å². The molecule has 0 aromatic rings.